The van der Waals surface area contributed by atoms with E-state index in [1.54, 1.807) is 11.5 Å². The van der Waals surface area contributed by atoms with Crippen molar-refractivity contribution in [2.45, 2.75) is 54.4 Å². The van der Waals surface area contributed by atoms with E-state index in [9.17, 15) is 29.0 Å². The summed E-state index contributed by atoms with van der Waals surface area (Å²) in [6.45, 7) is -3.47. The number of anilines is 1. The van der Waals surface area contributed by atoms with Gasteiger partial charge in [0, 0.05) is 5.41 Å². The molecule has 6 heterocycles. The van der Waals surface area contributed by atoms with Crippen LogP contribution in [0.4, 0.5) is 5.82 Å². The number of nitrogens with zero attached hydrogens (tertiary/aromatic N) is 7. The van der Waals surface area contributed by atoms with Gasteiger partial charge in [0.2, 0.25) is 0 Å². The third kappa shape index (κ3) is 4.79. The van der Waals surface area contributed by atoms with Gasteiger partial charge in [-0.3, -0.25) is 27.5 Å². The van der Waals surface area contributed by atoms with Crippen LogP contribution in [0.5, 0.6) is 0 Å². The fraction of sp³-hybridized carbons (Fsp3) is 0.565. The number of phosphoric ester groups is 1. The molecule has 11 atom stereocenters. The lowest BCUT2D eigenvalue weighted by atomic mass is 10.0. The molecule has 2 unspecified atom stereocenters. The second kappa shape index (κ2) is 10.5. The first kappa shape index (κ1) is 30.9. The Kier molecular flexibility index (Phi) is 7.08. The van der Waals surface area contributed by atoms with E-state index >= 15 is 0 Å². The minimum atomic E-state index is -4.91. The summed E-state index contributed by atoms with van der Waals surface area (Å²) in [6, 6.07) is -0.722. The number of phosphoric acid groups is 1. The molecule has 4 aromatic heterocycles. The average Bonchev–Trinajstić information content (AvgIpc) is 3.26. The Balaban J connectivity index is 1.14. The van der Waals surface area contributed by atoms with Gasteiger partial charge in [0.05, 0.1) is 43.3 Å². The Morgan fingerprint density at radius 1 is 1.09 bits per heavy atom. The van der Waals surface area contributed by atoms with Crippen molar-refractivity contribution in [1.29, 1.82) is 0 Å². The van der Waals surface area contributed by atoms with Crippen LogP contribution in [0.25, 0.3) is 22.3 Å². The maximum Gasteiger partial charge on any atom is 0.472 e. The molecule has 2 saturated heterocycles. The van der Waals surface area contributed by atoms with E-state index in [1.165, 1.54) is 23.5 Å². The fourth-order valence-electron chi connectivity index (χ4n) is 6.90. The third-order valence-electron chi connectivity index (χ3n) is 9.06. The highest BCUT2D eigenvalue weighted by atomic mass is 32.7. The van der Waals surface area contributed by atoms with E-state index in [1.807, 2.05) is 0 Å². The summed E-state index contributed by atoms with van der Waals surface area (Å²) in [6.07, 6.45) is -1.01. The molecule has 4 fully saturated rings. The summed E-state index contributed by atoms with van der Waals surface area (Å²) in [5, 5.41) is 21.0. The lowest BCUT2D eigenvalue weighted by Crippen LogP contribution is -2.37. The SMILES string of the molecule is Cc1nc2c(ncn2[C@@H]2S[C@@H]3CO[P@@](=O)(S)O[C@H]4[C@@H](O)[C@H](n5cnc6c(N)ncnc65)[C@H]5CC54COP(=O)(O)O[C@@H]2[C@@H]3O)c(=O)[nH]1. The van der Waals surface area contributed by atoms with Crippen LogP contribution in [0.3, 0.4) is 0 Å². The van der Waals surface area contributed by atoms with E-state index in [0.29, 0.717) is 23.4 Å². The molecule has 0 radical (unpaired) electrons. The van der Waals surface area contributed by atoms with Crippen molar-refractivity contribution >= 4 is 66.8 Å². The smallest absolute Gasteiger partial charge is 0.389 e. The lowest BCUT2D eigenvalue weighted by molar-refractivity contribution is -0.0224. The summed E-state index contributed by atoms with van der Waals surface area (Å²) in [5.41, 5.74) is 5.21. The van der Waals surface area contributed by atoms with Gasteiger partial charge in [-0.05, 0) is 19.3 Å². The molecule has 4 aliphatic rings. The first-order valence-corrected chi connectivity index (χ1v) is 19.1. The van der Waals surface area contributed by atoms with Gasteiger partial charge in [0.1, 0.15) is 41.4 Å². The van der Waals surface area contributed by atoms with Crippen LogP contribution in [0, 0.1) is 18.3 Å². The summed E-state index contributed by atoms with van der Waals surface area (Å²) in [7, 11) is -4.91. The number of thiol groups is 1. The second-order valence-corrected chi connectivity index (χ2v) is 17.4. The average molecular weight is 716 g/mol. The van der Waals surface area contributed by atoms with E-state index in [-0.39, 0.29) is 23.6 Å². The summed E-state index contributed by atoms with van der Waals surface area (Å²) < 4.78 is 52.9. The molecule has 4 aromatic rings. The zero-order chi connectivity index (χ0) is 32.3. The van der Waals surface area contributed by atoms with Crippen molar-refractivity contribution < 1.29 is 42.3 Å². The molecule has 8 rings (SSSR count). The van der Waals surface area contributed by atoms with Crippen LogP contribution in [-0.4, -0.2) is 97.0 Å². The minimum absolute atomic E-state index is 0.0179. The number of aromatic nitrogens is 8. The van der Waals surface area contributed by atoms with Crippen LogP contribution >= 0.6 is 38.6 Å². The van der Waals surface area contributed by atoms with Crippen LogP contribution in [0.1, 0.15) is 23.7 Å². The van der Waals surface area contributed by atoms with Gasteiger partial charge < -0.3 is 30.4 Å². The van der Waals surface area contributed by atoms with Crippen LogP contribution in [0.2, 0.25) is 0 Å². The van der Waals surface area contributed by atoms with Gasteiger partial charge in [0.25, 0.3) is 5.56 Å². The monoisotopic (exact) mass is 715 g/mol. The zero-order valence-corrected chi connectivity index (χ0v) is 27.1. The van der Waals surface area contributed by atoms with Crippen molar-refractivity contribution in [2.75, 3.05) is 18.9 Å². The van der Waals surface area contributed by atoms with Gasteiger partial charge >= 0.3 is 14.6 Å². The number of H-pyrrole nitrogens is 1. The lowest BCUT2D eigenvalue weighted by Gasteiger charge is -2.30. The molecular formula is C23H27N9O10P2S2. The number of thioether (sulfide) groups is 1. The number of aliphatic hydroxyl groups excluding tert-OH is 2. The molecule has 0 aromatic carbocycles. The summed E-state index contributed by atoms with van der Waals surface area (Å²) >= 11 is 5.24. The maximum absolute atomic E-state index is 13.6. The second-order valence-electron chi connectivity index (χ2n) is 11.7. The van der Waals surface area contributed by atoms with Crippen molar-refractivity contribution in [3.05, 3.63) is 35.2 Å². The number of hydrogen-bond donors (Lipinski definition) is 6. The Labute approximate surface area is 267 Å². The van der Waals surface area contributed by atoms with Gasteiger partial charge in [-0.1, -0.05) is 12.2 Å². The number of nitrogens with one attached hydrogen (secondary N) is 1. The molecule has 2 saturated carbocycles. The molecule has 2 bridgehead atoms. The van der Waals surface area contributed by atoms with Crippen molar-refractivity contribution in [3.8, 4) is 0 Å². The highest BCUT2D eigenvalue weighted by molar-refractivity contribution is 8.44. The minimum Gasteiger partial charge on any atom is -0.389 e. The Morgan fingerprint density at radius 2 is 1.85 bits per heavy atom. The number of rotatable bonds is 2. The first-order valence-electron chi connectivity index (χ1n) is 14.0. The van der Waals surface area contributed by atoms with E-state index in [2.05, 4.69) is 42.2 Å². The number of fused-ring (bicyclic) bond motifs is 4. The predicted molar refractivity (Wildman–Crippen MR) is 163 cm³/mol. The van der Waals surface area contributed by atoms with E-state index in [0.717, 1.165) is 11.8 Å². The number of nitrogens with two attached hydrogens (primary N) is 1. The molecule has 46 heavy (non-hydrogen) atoms. The van der Waals surface area contributed by atoms with Crippen molar-refractivity contribution in [3.63, 3.8) is 0 Å². The molecule has 2 aliphatic heterocycles. The fourth-order valence-corrected chi connectivity index (χ4v) is 11.1. The molecule has 23 heteroatoms. The first-order chi connectivity index (χ1) is 21.8. The number of hydrogen-bond acceptors (Lipinski definition) is 16. The third-order valence-corrected chi connectivity index (χ3v) is 13.2. The van der Waals surface area contributed by atoms with Gasteiger partial charge in [-0.15, -0.1) is 11.8 Å². The molecule has 19 nitrogen and oxygen atoms in total. The topological polar surface area (TPSA) is 265 Å². The maximum atomic E-state index is 13.6. The van der Waals surface area contributed by atoms with Crippen LogP contribution < -0.4 is 11.3 Å². The van der Waals surface area contributed by atoms with Crippen molar-refractivity contribution in [2.24, 2.45) is 11.3 Å². The summed E-state index contributed by atoms with van der Waals surface area (Å²) in [5.74, 6) is 0.0376. The number of imidazole rings is 2. The van der Waals surface area contributed by atoms with Gasteiger partial charge in [-0.2, -0.15) is 0 Å². The van der Waals surface area contributed by atoms with Crippen molar-refractivity contribution in [1.82, 2.24) is 39.0 Å². The molecule has 2 aliphatic carbocycles. The zero-order valence-electron chi connectivity index (χ0n) is 23.6. The van der Waals surface area contributed by atoms with Gasteiger partial charge in [-0.25, -0.2) is 34.0 Å². The number of aryl methyl sites for hydroxylation is 1. The highest BCUT2D eigenvalue weighted by Crippen LogP contribution is 2.73. The molecule has 246 valence electrons. The van der Waals surface area contributed by atoms with Crippen LogP contribution in [-0.2, 0) is 27.2 Å². The molecule has 0 amide bonds. The molecule has 6 N–H and O–H groups in total. The standard InChI is InChI=1S/C23H27N9O10P2S2/c1-8-29-20-12(21(35)30-8)28-7-32(20)22-16-14(33)10(46-22)3-39-44(38,45)42-17-15(34)13(9-2-23(9,17)4-40-43(36,37)41-16)31-6-27-11-18(24)25-5-26-19(11)31/h5-7,9-10,13-17,22,33-34H,2-4H2,1H3,(H,36,37)(H,38,45)(H2,24,25,26)(H,29,30,35)/t9-,10-,13-,14-,15+,16-,17+,22-,23?,44-/m1/s1. The highest BCUT2D eigenvalue weighted by Gasteiger charge is 2.74. The Hall–Kier alpha value is -2.42. The molecule has 1 spiro atoms. The molecular weight excluding hydrogens is 688 g/mol. The Morgan fingerprint density at radius 3 is 2.65 bits per heavy atom. The quantitative estimate of drug-likeness (QED) is 0.123. The largest absolute Gasteiger partial charge is 0.472 e. The van der Waals surface area contributed by atoms with E-state index in [4.69, 9.17) is 23.8 Å². The Bertz CT molecular complexity index is 2050. The normalized spacial score (nSPS) is 41.1. The van der Waals surface area contributed by atoms with E-state index < -0.39 is 79.2 Å². The summed E-state index contributed by atoms with van der Waals surface area (Å²) in [4.78, 5) is 47.0. The predicted octanol–water partition coefficient (Wildman–Crippen LogP) is 0.702. The number of nitrogen functional groups attached to an aromatic ring is 1. The number of aliphatic hydroxyl groups is 2. The number of aromatic amines is 1. The van der Waals surface area contributed by atoms with Crippen LogP contribution in [0.15, 0.2) is 23.8 Å². The van der Waals surface area contributed by atoms with Gasteiger partial charge in [0.15, 0.2) is 22.6 Å².